The molecule has 120 valence electrons. The van der Waals surface area contributed by atoms with E-state index >= 15 is 0 Å². The third-order valence-electron chi connectivity index (χ3n) is 4.66. The van der Waals surface area contributed by atoms with Crippen molar-refractivity contribution in [2.75, 3.05) is 24.5 Å². The molecule has 0 saturated carbocycles. The SMILES string of the molecule is Cn1cnc(C(=O)N2CCC3(CC(=O)N(c4ccsc4)C3)C2)n1. The summed E-state index contributed by atoms with van der Waals surface area (Å²) >= 11 is 1.59. The number of nitrogens with zero attached hydrogens (tertiary/aromatic N) is 5. The van der Waals surface area contributed by atoms with Crippen molar-refractivity contribution in [3.8, 4) is 0 Å². The number of amides is 2. The lowest BCUT2D eigenvalue weighted by Crippen LogP contribution is -2.34. The Labute approximate surface area is 137 Å². The summed E-state index contributed by atoms with van der Waals surface area (Å²) in [5.74, 6) is 0.223. The van der Waals surface area contributed by atoms with Crippen molar-refractivity contribution in [3.05, 3.63) is 29.0 Å². The van der Waals surface area contributed by atoms with Crippen LogP contribution in [0.5, 0.6) is 0 Å². The Morgan fingerprint density at radius 2 is 2.26 bits per heavy atom. The molecule has 2 aromatic heterocycles. The maximum absolute atomic E-state index is 12.5. The Morgan fingerprint density at radius 3 is 2.96 bits per heavy atom. The largest absolute Gasteiger partial charge is 0.335 e. The molecule has 2 aliphatic rings. The van der Waals surface area contributed by atoms with Crippen molar-refractivity contribution in [2.24, 2.45) is 12.5 Å². The van der Waals surface area contributed by atoms with Crippen LogP contribution in [-0.2, 0) is 11.8 Å². The highest BCUT2D eigenvalue weighted by Crippen LogP contribution is 2.42. The molecule has 4 heterocycles. The fourth-order valence-corrected chi connectivity index (χ4v) is 4.14. The van der Waals surface area contributed by atoms with Gasteiger partial charge in [0, 0.05) is 43.9 Å². The molecule has 2 aromatic rings. The molecule has 0 aromatic carbocycles. The number of aromatic nitrogens is 3. The van der Waals surface area contributed by atoms with E-state index < -0.39 is 0 Å². The second kappa shape index (κ2) is 5.16. The number of carbonyl (C=O) groups is 2. The fraction of sp³-hybridized carbons (Fsp3) is 0.467. The molecule has 0 N–H and O–H groups in total. The predicted octanol–water partition coefficient (Wildman–Crippen LogP) is 1.15. The summed E-state index contributed by atoms with van der Waals surface area (Å²) < 4.78 is 1.52. The average molecular weight is 331 g/mol. The van der Waals surface area contributed by atoms with Gasteiger partial charge >= 0.3 is 0 Å². The molecule has 2 aliphatic heterocycles. The third-order valence-corrected chi connectivity index (χ3v) is 5.33. The van der Waals surface area contributed by atoms with E-state index in [1.807, 2.05) is 21.7 Å². The van der Waals surface area contributed by atoms with Crippen molar-refractivity contribution in [1.82, 2.24) is 19.7 Å². The lowest BCUT2D eigenvalue weighted by atomic mass is 9.86. The number of rotatable bonds is 2. The lowest BCUT2D eigenvalue weighted by molar-refractivity contribution is -0.117. The monoisotopic (exact) mass is 331 g/mol. The van der Waals surface area contributed by atoms with Gasteiger partial charge in [-0.2, -0.15) is 11.3 Å². The van der Waals surface area contributed by atoms with E-state index in [0.717, 1.165) is 12.1 Å². The average Bonchev–Trinajstić information content (AvgIpc) is 3.28. The molecule has 4 rings (SSSR count). The third kappa shape index (κ3) is 2.42. The molecule has 1 spiro atoms. The number of hydrogen-bond donors (Lipinski definition) is 0. The molecular weight excluding hydrogens is 314 g/mol. The van der Waals surface area contributed by atoms with Crippen LogP contribution in [0.1, 0.15) is 23.5 Å². The Morgan fingerprint density at radius 1 is 1.39 bits per heavy atom. The number of hydrogen-bond acceptors (Lipinski definition) is 5. The molecular formula is C15H17N5O2S. The lowest BCUT2D eigenvalue weighted by Gasteiger charge is -2.23. The first-order chi connectivity index (χ1) is 11.1. The maximum Gasteiger partial charge on any atom is 0.293 e. The van der Waals surface area contributed by atoms with Crippen molar-refractivity contribution in [1.29, 1.82) is 0 Å². The fourth-order valence-electron chi connectivity index (χ4n) is 3.50. The van der Waals surface area contributed by atoms with Crippen molar-refractivity contribution in [2.45, 2.75) is 12.8 Å². The summed E-state index contributed by atoms with van der Waals surface area (Å²) in [6.07, 6.45) is 2.87. The standard InChI is InChI=1S/C15H17N5O2S/c1-18-10-16-13(17-18)14(22)19-4-3-15(8-19)6-12(21)20(9-15)11-2-5-23-7-11/h2,5,7,10H,3-4,6,8-9H2,1H3. The quantitative estimate of drug-likeness (QED) is 0.827. The zero-order valence-corrected chi connectivity index (χ0v) is 13.6. The van der Waals surface area contributed by atoms with Crippen LogP contribution < -0.4 is 4.90 Å². The van der Waals surface area contributed by atoms with Gasteiger partial charge in [-0.15, -0.1) is 5.10 Å². The normalized spacial score (nSPS) is 24.1. The van der Waals surface area contributed by atoms with Gasteiger partial charge in [-0.25, -0.2) is 4.98 Å². The topological polar surface area (TPSA) is 71.3 Å². The van der Waals surface area contributed by atoms with E-state index in [1.165, 1.54) is 11.0 Å². The van der Waals surface area contributed by atoms with E-state index in [1.54, 1.807) is 23.3 Å². The molecule has 7 nitrogen and oxygen atoms in total. The number of thiophene rings is 1. The van der Waals surface area contributed by atoms with Crippen LogP contribution in [-0.4, -0.2) is 51.1 Å². The van der Waals surface area contributed by atoms with E-state index in [9.17, 15) is 9.59 Å². The first-order valence-corrected chi connectivity index (χ1v) is 8.48. The zero-order valence-electron chi connectivity index (χ0n) is 12.8. The summed E-state index contributed by atoms with van der Waals surface area (Å²) in [4.78, 5) is 32.5. The van der Waals surface area contributed by atoms with E-state index in [2.05, 4.69) is 10.1 Å². The highest BCUT2D eigenvalue weighted by molar-refractivity contribution is 7.08. The minimum Gasteiger partial charge on any atom is -0.335 e. The Hall–Kier alpha value is -2.22. The van der Waals surface area contributed by atoms with Gasteiger partial charge in [-0.3, -0.25) is 14.3 Å². The first-order valence-electron chi connectivity index (χ1n) is 7.54. The molecule has 2 amide bonds. The van der Waals surface area contributed by atoms with Crippen molar-refractivity contribution < 1.29 is 9.59 Å². The molecule has 8 heteroatoms. The molecule has 1 unspecified atom stereocenters. The smallest absolute Gasteiger partial charge is 0.293 e. The minimum absolute atomic E-state index is 0.135. The van der Waals surface area contributed by atoms with E-state index in [4.69, 9.17) is 0 Å². The van der Waals surface area contributed by atoms with Crippen molar-refractivity contribution in [3.63, 3.8) is 0 Å². The Kier molecular flexibility index (Phi) is 3.22. The number of carbonyl (C=O) groups excluding carboxylic acids is 2. The van der Waals surface area contributed by atoms with Crippen LogP contribution in [0.3, 0.4) is 0 Å². The van der Waals surface area contributed by atoms with Crippen LogP contribution in [0.25, 0.3) is 0 Å². The highest BCUT2D eigenvalue weighted by atomic mass is 32.1. The first kappa shape index (κ1) is 14.4. The van der Waals surface area contributed by atoms with Crippen LogP contribution >= 0.6 is 11.3 Å². The summed E-state index contributed by atoms with van der Waals surface area (Å²) in [6, 6.07) is 1.97. The van der Waals surface area contributed by atoms with Gasteiger partial charge in [0.15, 0.2) is 0 Å². The van der Waals surface area contributed by atoms with Gasteiger partial charge in [0.1, 0.15) is 6.33 Å². The second-order valence-corrected chi connectivity index (χ2v) is 7.14. The zero-order chi connectivity index (χ0) is 16.0. The summed E-state index contributed by atoms with van der Waals surface area (Å²) in [6.45, 7) is 1.93. The molecule has 0 bridgehead atoms. The number of likely N-dealkylation sites (tertiary alicyclic amines) is 1. The van der Waals surface area contributed by atoms with Gasteiger partial charge in [-0.05, 0) is 17.9 Å². The summed E-state index contributed by atoms with van der Waals surface area (Å²) in [5.41, 5.74) is 0.830. The highest BCUT2D eigenvalue weighted by Gasteiger charge is 2.49. The number of anilines is 1. The molecule has 0 radical (unpaired) electrons. The van der Waals surface area contributed by atoms with E-state index in [0.29, 0.717) is 26.1 Å². The maximum atomic E-state index is 12.5. The predicted molar refractivity (Wildman–Crippen MR) is 85.2 cm³/mol. The molecule has 23 heavy (non-hydrogen) atoms. The van der Waals surface area contributed by atoms with Gasteiger partial charge in [0.2, 0.25) is 11.7 Å². The number of aryl methyl sites for hydroxylation is 1. The van der Waals surface area contributed by atoms with Gasteiger partial charge in [-0.1, -0.05) is 0 Å². The Balaban J connectivity index is 1.50. The molecule has 2 saturated heterocycles. The van der Waals surface area contributed by atoms with Crippen molar-refractivity contribution >= 4 is 28.8 Å². The van der Waals surface area contributed by atoms with Crippen LogP contribution in [0.4, 0.5) is 5.69 Å². The van der Waals surface area contributed by atoms with Crippen LogP contribution in [0.2, 0.25) is 0 Å². The molecule has 1 atom stereocenters. The van der Waals surface area contributed by atoms with Crippen LogP contribution in [0, 0.1) is 5.41 Å². The molecule has 2 fully saturated rings. The summed E-state index contributed by atoms with van der Waals surface area (Å²) in [5, 5.41) is 8.05. The van der Waals surface area contributed by atoms with Gasteiger partial charge in [0.25, 0.3) is 5.91 Å². The van der Waals surface area contributed by atoms with Crippen LogP contribution in [0.15, 0.2) is 23.2 Å². The second-order valence-electron chi connectivity index (χ2n) is 6.36. The summed E-state index contributed by atoms with van der Waals surface area (Å²) in [7, 11) is 1.74. The minimum atomic E-state index is -0.149. The molecule has 0 aliphatic carbocycles. The van der Waals surface area contributed by atoms with Gasteiger partial charge < -0.3 is 9.80 Å². The Bertz CT molecular complexity index is 756. The van der Waals surface area contributed by atoms with E-state index in [-0.39, 0.29) is 23.1 Å². The van der Waals surface area contributed by atoms with Gasteiger partial charge in [0.05, 0.1) is 5.69 Å².